The van der Waals surface area contributed by atoms with Crippen LogP contribution in [0, 0.1) is 5.92 Å². The molecular weight excluding hydrogens is 444 g/mol. The summed E-state index contributed by atoms with van der Waals surface area (Å²) in [5.41, 5.74) is 2.82. The van der Waals surface area contributed by atoms with E-state index < -0.39 is 5.54 Å². The SMILES string of the molecule is COc1cc2c(cc1OC)[C@]1(CC[C@H](C(=O)OCc3ccccc3)CC1)N(C(=O)CN(C)C)CC2. The second kappa shape index (κ2) is 10.7. The van der Waals surface area contributed by atoms with E-state index in [1.54, 1.807) is 14.2 Å². The molecule has 1 spiro atoms. The molecular formula is C28H36N2O5. The van der Waals surface area contributed by atoms with Gasteiger partial charge >= 0.3 is 5.97 Å². The van der Waals surface area contributed by atoms with Crippen LogP contribution in [-0.2, 0) is 32.9 Å². The number of benzene rings is 2. The highest BCUT2D eigenvalue weighted by Crippen LogP contribution is 2.50. The van der Waals surface area contributed by atoms with Crippen LogP contribution < -0.4 is 9.47 Å². The molecule has 1 fully saturated rings. The van der Waals surface area contributed by atoms with E-state index >= 15 is 0 Å². The summed E-state index contributed by atoms with van der Waals surface area (Å²) in [5, 5.41) is 0. The first-order chi connectivity index (χ1) is 16.9. The van der Waals surface area contributed by atoms with Crippen molar-refractivity contribution in [2.75, 3.05) is 41.4 Å². The van der Waals surface area contributed by atoms with Gasteiger partial charge in [-0.2, -0.15) is 0 Å². The molecule has 4 rings (SSSR count). The number of methoxy groups -OCH3 is 2. The molecule has 1 aliphatic heterocycles. The summed E-state index contributed by atoms with van der Waals surface area (Å²) >= 11 is 0. The Labute approximate surface area is 207 Å². The molecule has 0 N–H and O–H groups in total. The molecule has 1 amide bonds. The molecule has 1 heterocycles. The molecule has 7 heteroatoms. The molecule has 7 nitrogen and oxygen atoms in total. The summed E-state index contributed by atoms with van der Waals surface area (Å²) < 4.78 is 16.8. The van der Waals surface area contributed by atoms with E-state index in [-0.39, 0.29) is 24.4 Å². The van der Waals surface area contributed by atoms with E-state index in [4.69, 9.17) is 14.2 Å². The van der Waals surface area contributed by atoms with Crippen LogP contribution in [0.5, 0.6) is 11.5 Å². The lowest BCUT2D eigenvalue weighted by Crippen LogP contribution is -2.57. The highest BCUT2D eigenvalue weighted by molar-refractivity contribution is 5.80. The predicted octanol–water partition coefficient (Wildman–Crippen LogP) is 3.78. The average Bonchev–Trinajstić information content (AvgIpc) is 2.87. The minimum atomic E-state index is -0.462. The molecule has 1 aliphatic carbocycles. The van der Waals surface area contributed by atoms with Crippen molar-refractivity contribution in [1.82, 2.24) is 9.80 Å². The molecule has 0 aromatic heterocycles. The van der Waals surface area contributed by atoms with Crippen molar-refractivity contribution >= 4 is 11.9 Å². The maximum absolute atomic E-state index is 13.4. The van der Waals surface area contributed by atoms with Crippen LogP contribution in [0.15, 0.2) is 42.5 Å². The Kier molecular flexibility index (Phi) is 7.65. The lowest BCUT2D eigenvalue weighted by molar-refractivity contribution is -0.153. The fourth-order valence-electron chi connectivity index (χ4n) is 5.59. The second-order valence-corrected chi connectivity index (χ2v) is 9.80. The first-order valence-corrected chi connectivity index (χ1v) is 12.3. The van der Waals surface area contributed by atoms with E-state index in [9.17, 15) is 9.59 Å². The van der Waals surface area contributed by atoms with Gasteiger partial charge in [0.1, 0.15) is 6.61 Å². The normalized spacial score (nSPS) is 21.5. The Morgan fingerprint density at radius 1 is 1.03 bits per heavy atom. The zero-order valence-electron chi connectivity index (χ0n) is 21.2. The van der Waals surface area contributed by atoms with Crippen LogP contribution in [0.3, 0.4) is 0 Å². The van der Waals surface area contributed by atoms with Gasteiger partial charge < -0.3 is 24.0 Å². The number of esters is 1. The van der Waals surface area contributed by atoms with Gasteiger partial charge in [-0.15, -0.1) is 0 Å². The number of ether oxygens (including phenoxy) is 3. The van der Waals surface area contributed by atoms with Crippen LogP contribution in [0.1, 0.15) is 42.4 Å². The van der Waals surface area contributed by atoms with Crippen molar-refractivity contribution in [3.63, 3.8) is 0 Å². The van der Waals surface area contributed by atoms with Gasteiger partial charge in [-0.3, -0.25) is 9.59 Å². The van der Waals surface area contributed by atoms with E-state index in [2.05, 4.69) is 0 Å². The Morgan fingerprint density at radius 2 is 1.69 bits per heavy atom. The Bertz CT molecular complexity index is 1040. The third-order valence-corrected chi connectivity index (χ3v) is 7.35. The van der Waals surface area contributed by atoms with E-state index in [0.29, 0.717) is 50.3 Å². The third kappa shape index (κ3) is 5.15. The van der Waals surface area contributed by atoms with Crippen LogP contribution >= 0.6 is 0 Å². The van der Waals surface area contributed by atoms with E-state index in [1.165, 1.54) is 5.56 Å². The monoisotopic (exact) mass is 480 g/mol. The lowest BCUT2D eigenvalue weighted by Gasteiger charge is -2.52. The van der Waals surface area contributed by atoms with Crippen molar-refractivity contribution in [2.45, 2.75) is 44.2 Å². The number of rotatable bonds is 7. The van der Waals surface area contributed by atoms with Crippen molar-refractivity contribution in [2.24, 2.45) is 5.92 Å². The molecule has 188 valence electrons. The Morgan fingerprint density at radius 3 is 2.31 bits per heavy atom. The molecule has 2 aromatic rings. The molecule has 0 atom stereocenters. The number of carbonyl (C=O) groups excluding carboxylic acids is 2. The average molecular weight is 481 g/mol. The van der Waals surface area contributed by atoms with Gasteiger partial charge in [0, 0.05) is 6.54 Å². The summed E-state index contributed by atoms with van der Waals surface area (Å²) in [6.45, 7) is 1.29. The Hall–Kier alpha value is -3.06. The highest BCUT2D eigenvalue weighted by atomic mass is 16.5. The van der Waals surface area contributed by atoms with Crippen LogP contribution in [0.4, 0.5) is 0 Å². The van der Waals surface area contributed by atoms with Crippen molar-refractivity contribution < 1.29 is 23.8 Å². The second-order valence-electron chi connectivity index (χ2n) is 9.80. The van der Waals surface area contributed by atoms with E-state index in [1.807, 2.05) is 66.4 Å². The quantitative estimate of drug-likeness (QED) is 0.562. The zero-order chi connectivity index (χ0) is 25.0. The van der Waals surface area contributed by atoms with Crippen molar-refractivity contribution in [3.8, 4) is 11.5 Å². The summed E-state index contributed by atoms with van der Waals surface area (Å²) in [6.07, 6.45) is 3.53. The number of hydrogen-bond acceptors (Lipinski definition) is 6. The summed E-state index contributed by atoms with van der Waals surface area (Å²) in [5.74, 6) is 1.16. The van der Waals surface area contributed by atoms with Gasteiger partial charge in [0.05, 0.1) is 32.2 Å². The molecule has 0 radical (unpaired) electrons. The third-order valence-electron chi connectivity index (χ3n) is 7.35. The number of carbonyl (C=O) groups is 2. The lowest BCUT2D eigenvalue weighted by atomic mass is 9.68. The maximum Gasteiger partial charge on any atom is 0.309 e. The van der Waals surface area contributed by atoms with Gasteiger partial charge in [-0.25, -0.2) is 0 Å². The fraction of sp³-hybridized carbons (Fsp3) is 0.500. The van der Waals surface area contributed by atoms with Crippen molar-refractivity contribution in [3.05, 3.63) is 59.2 Å². The van der Waals surface area contributed by atoms with Crippen LogP contribution in [0.25, 0.3) is 0 Å². The Balaban J connectivity index is 1.58. The summed E-state index contributed by atoms with van der Waals surface area (Å²) in [4.78, 5) is 30.2. The van der Waals surface area contributed by atoms with Crippen molar-refractivity contribution in [1.29, 1.82) is 0 Å². The summed E-state index contributed by atoms with van der Waals surface area (Å²) in [6, 6.07) is 13.8. The number of amides is 1. The standard InChI is InChI=1S/C28H36N2O5/c1-29(2)18-26(31)30-15-12-22-16-24(33-3)25(34-4)17-23(22)28(30)13-10-21(11-14-28)27(32)35-19-20-8-6-5-7-9-20/h5-9,16-17,21H,10-15,18-19H2,1-4H3/t21-,28+. The first kappa shape index (κ1) is 25.0. The molecule has 0 unspecified atom stereocenters. The zero-order valence-corrected chi connectivity index (χ0v) is 21.2. The minimum Gasteiger partial charge on any atom is -0.493 e. The molecule has 0 saturated heterocycles. The number of likely N-dealkylation sites (N-methyl/N-ethyl adjacent to an activating group) is 1. The van der Waals surface area contributed by atoms with Crippen LogP contribution in [-0.4, -0.2) is 63.1 Å². The maximum atomic E-state index is 13.4. The van der Waals surface area contributed by atoms with Gasteiger partial charge in [0.15, 0.2) is 11.5 Å². The van der Waals surface area contributed by atoms with Crippen LogP contribution in [0.2, 0.25) is 0 Å². The number of fused-ring (bicyclic) bond motifs is 2. The molecule has 1 saturated carbocycles. The highest BCUT2D eigenvalue weighted by Gasteiger charge is 2.48. The number of hydrogen-bond donors (Lipinski definition) is 0. The van der Waals surface area contributed by atoms with Gasteiger partial charge in [-0.1, -0.05) is 30.3 Å². The van der Waals surface area contributed by atoms with Gasteiger partial charge in [0.25, 0.3) is 0 Å². The van der Waals surface area contributed by atoms with E-state index in [0.717, 1.165) is 17.5 Å². The molecule has 35 heavy (non-hydrogen) atoms. The molecule has 2 aromatic carbocycles. The number of nitrogens with zero attached hydrogens (tertiary/aromatic N) is 2. The smallest absolute Gasteiger partial charge is 0.309 e. The summed E-state index contributed by atoms with van der Waals surface area (Å²) in [7, 11) is 7.10. The first-order valence-electron chi connectivity index (χ1n) is 12.3. The predicted molar refractivity (Wildman–Crippen MR) is 133 cm³/mol. The molecule has 2 aliphatic rings. The van der Waals surface area contributed by atoms with Gasteiger partial charge in [-0.05, 0) is 75.0 Å². The fourth-order valence-corrected chi connectivity index (χ4v) is 5.59. The molecule has 0 bridgehead atoms. The largest absolute Gasteiger partial charge is 0.493 e. The minimum absolute atomic E-state index is 0.112. The van der Waals surface area contributed by atoms with Gasteiger partial charge in [0.2, 0.25) is 5.91 Å². The topological polar surface area (TPSA) is 68.3 Å².